The summed E-state index contributed by atoms with van der Waals surface area (Å²) in [5.41, 5.74) is 4.15. The molecule has 0 aliphatic heterocycles. The molecule has 0 bridgehead atoms. The zero-order valence-corrected chi connectivity index (χ0v) is 14.9. The second-order valence-electron chi connectivity index (χ2n) is 6.02. The zero-order valence-electron chi connectivity index (χ0n) is 14.1. The van der Waals surface area contributed by atoms with Gasteiger partial charge in [-0.1, -0.05) is 60.7 Å². The van der Waals surface area contributed by atoms with Crippen molar-refractivity contribution in [2.24, 2.45) is 0 Å². The van der Waals surface area contributed by atoms with Gasteiger partial charge < -0.3 is 5.32 Å². The molecule has 0 amide bonds. The monoisotopic (exact) mass is 336 g/mol. The van der Waals surface area contributed by atoms with Crippen LogP contribution in [0.4, 0.5) is 0 Å². The third-order valence-electron chi connectivity index (χ3n) is 4.07. The van der Waals surface area contributed by atoms with Gasteiger partial charge in [-0.2, -0.15) is 0 Å². The summed E-state index contributed by atoms with van der Waals surface area (Å²) in [7, 11) is 2.01. The third-order valence-corrected chi connectivity index (χ3v) is 5.03. The fourth-order valence-corrected chi connectivity index (χ4v) is 3.82. The van der Waals surface area contributed by atoms with Gasteiger partial charge >= 0.3 is 0 Å². The molecule has 24 heavy (non-hydrogen) atoms. The molecular weight excluding hydrogens is 312 g/mol. The molecule has 0 atom stereocenters. The smallest absolute Gasteiger partial charge is 0.0299 e. The maximum atomic E-state index is 3.28. The number of nitrogens with one attached hydrogen (secondary N) is 1. The minimum atomic E-state index is 0.942. The van der Waals surface area contributed by atoms with Crippen molar-refractivity contribution >= 4 is 11.3 Å². The van der Waals surface area contributed by atoms with Gasteiger partial charge in [0.25, 0.3) is 0 Å². The highest BCUT2D eigenvalue weighted by Gasteiger charge is 2.11. The second kappa shape index (κ2) is 8.78. The number of nitrogens with zero attached hydrogens (tertiary/aromatic N) is 1. The quantitative estimate of drug-likeness (QED) is 0.643. The molecule has 0 fully saturated rings. The minimum Gasteiger partial charge on any atom is -0.315 e. The Hall–Kier alpha value is -1.94. The van der Waals surface area contributed by atoms with Crippen molar-refractivity contribution in [3.05, 3.63) is 93.7 Å². The van der Waals surface area contributed by atoms with Crippen molar-refractivity contribution in [2.75, 3.05) is 7.05 Å². The van der Waals surface area contributed by atoms with E-state index in [1.165, 1.54) is 21.6 Å². The van der Waals surface area contributed by atoms with Crippen LogP contribution in [-0.2, 0) is 26.2 Å². The van der Waals surface area contributed by atoms with Crippen LogP contribution in [0, 0.1) is 0 Å². The summed E-state index contributed by atoms with van der Waals surface area (Å²) in [5.74, 6) is 0. The molecule has 3 aromatic rings. The lowest BCUT2D eigenvalue weighted by molar-refractivity contribution is 0.247. The lowest BCUT2D eigenvalue weighted by atomic mass is 10.1. The molecule has 0 saturated heterocycles. The van der Waals surface area contributed by atoms with Crippen molar-refractivity contribution in [2.45, 2.75) is 26.2 Å². The average Bonchev–Trinajstić information content (AvgIpc) is 3.04. The molecule has 2 aromatic carbocycles. The highest BCUT2D eigenvalue weighted by atomic mass is 32.1. The van der Waals surface area contributed by atoms with Crippen molar-refractivity contribution in [1.82, 2.24) is 10.2 Å². The first kappa shape index (κ1) is 16.9. The van der Waals surface area contributed by atoms with E-state index in [9.17, 15) is 0 Å². The largest absolute Gasteiger partial charge is 0.315 e. The molecule has 3 rings (SSSR count). The lowest BCUT2D eigenvalue weighted by Crippen LogP contribution is -2.23. The van der Waals surface area contributed by atoms with Crippen LogP contribution >= 0.6 is 11.3 Å². The van der Waals surface area contributed by atoms with Crippen molar-refractivity contribution < 1.29 is 0 Å². The molecule has 3 heteroatoms. The highest BCUT2D eigenvalue weighted by molar-refractivity contribution is 7.10. The second-order valence-corrected chi connectivity index (χ2v) is 7.02. The Morgan fingerprint density at radius 1 is 0.792 bits per heavy atom. The fourth-order valence-electron chi connectivity index (χ4n) is 2.92. The molecule has 0 saturated carbocycles. The average molecular weight is 337 g/mol. The van der Waals surface area contributed by atoms with Crippen LogP contribution in [0.5, 0.6) is 0 Å². The van der Waals surface area contributed by atoms with Gasteiger partial charge in [0.05, 0.1) is 0 Å². The minimum absolute atomic E-state index is 0.942. The van der Waals surface area contributed by atoms with Gasteiger partial charge in [0.15, 0.2) is 0 Å². The van der Waals surface area contributed by atoms with E-state index in [1.807, 2.05) is 18.4 Å². The maximum Gasteiger partial charge on any atom is 0.0299 e. The summed E-state index contributed by atoms with van der Waals surface area (Å²) in [6, 6.07) is 23.7. The molecule has 0 aliphatic carbocycles. The number of benzene rings is 2. The Morgan fingerprint density at radius 2 is 1.38 bits per heavy atom. The fraction of sp³-hybridized carbons (Fsp3) is 0.238. The van der Waals surface area contributed by atoms with Crippen molar-refractivity contribution in [3.63, 3.8) is 0 Å². The number of hydrogen-bond donors (Lipinski definition) is 1. The maximum absolute atomic E-state index is 3.28. The van der Waals surface area contributed by atoms with E-state index in [0.29, 0.717) is 0 Å². The number of hydrogen-bond acceptors (Lipinski definition) is 3. The predicted molar refractivity (Wildman–Crippen MR) is 103 cm³/mol. The Labute approximate surface area is 148 Å². The van der Waals surface area contributed by atoms with E-state index in [2.05, 4.69) is 82.3 Å². The molecule has 1 aromatic heterocycles. The molecule has 1 heterocycles. The van der Waals surface area contributed by atoms with E-state index in [-0.39, 0.29) is 0 Å². The standard InChI is InChI=1S/C21H24N2S/c1-22-14-21-20(12-13-24-21)17-23(15-18-8-4-2-5-9-18)16-19-10-6-3-7-11-19/h2-13,22H,14-17H2,1H3. The van der Waals surface area contributed by atoms with Gasteiger partial charge in [0, 0.05) is 31.1 Å². The van der Waals surface area contributed by atoms with Crippen LogP contribution in [0.3, 0.4) is 0 Å². The van der Waals surface area contributed by atoms with E-state index in [4.69, 9.17) is 0 Å². The van der Waals surface area contributed by atoms with Crippen LogP contribution in [0.15, 0.2) is 72.1 Å². The van der Waals surface area contributed by atoms with Gasteiger partial charge in [-0.3, -0.25) is 4.90 Å². The first-order valence-corrected chi connectivity index (χ1v) is 9.23. The van der Waals surface area contributed by atoms with Crippen LogP contribution in [0.1, 0.15) is 21.6 Å². The van der Waals surface area contributed by atoms with Gasteiger partial charge in [-0.25, -0.2) is 0 Å². The summed E-state index contributed by atoms with van der Waals surface area (Å²) in [5, 5.41) is 5.47. The molecule has 0 aliphatic rings. The zero-order chi connectivity index (χ0) is 16.6. The normalized spacial score (nSPS) is 11.1. The van der Waals surface area contributed by atoms with Crippen LogP contribution in [0.25, 0.3) is 0 Å². The summed E-state index contributed by atoms with van der Waals surface area (Å²) < 4.78 is 0. The Morgan fingerprint density at radius 3 is 1.92 bits per heavy atom. The summed E-state index contributed by atoms with van der Waals surface area (Å²) in [6.07, 6.45) is 0. The van der Waals surface area contributed by atoms with Crippen LogP contribution in [0.2, 0.25) is 0 Å². The molecule has 124 valence electrons. The Bertz CT molecular complexity index is 680. The van der Waals surface area contributed by atoms with Crippen LogP contribution < -0.4 is 5.32 Å². The number of thiophene rings is 1. The topological polar surface area (TPSA) is 15.3 Å². The molecule has 2 nitrogen and oxygen atoms in total. The third kappa shape index (κ3) is 4.78. The van der Waals surface area contributed by atoms with E-state index in [0.717, 1.165) is 26.2 Å². The lowest BCUT2D eigenvalue weighted by Gasteiger charge is -2.23. The molecule has 1 N–H and O–H groups in total. The van der Waals surface area contributed by atoms with Gasteiger partial charge in [0.1, 0.15) is 0 Å². The molecule has 0 unspecified atom stereocenters. The SMILES string of the molecule is CNCc1sccc1CN(Cc1ccccc1)Cc1ccccc1. The summed E-state index contributed by atoms with van der Waals surface area (Å²) in [4.78, 5) is 3.95. The highest BCUT2D eigenvalue weighted by Crippen LogP contribution is 2.21. The van der Waals surface area contributed by atoms with Crippen LogP contribution in [-0.4, -0.2) is 11.9 Å². The van der Waals surface area contributed by atoms with E-state index in [1.54, 1.807) is 0 Å². The predicted octanol–water partition coefficient (Wildman–Crippen LogP) is 4.67. The van der Waals surface area contributed by atoms with E-state index < -0.39 is 0 Å². The first-order chi connectivity index (χ1) is 11.8. The first-order valence-electron chi connectivity index (χ1n) is 8.35. The van der Waals surface area contributed by atoms with Gasteiger partial charge in [-0.15, -0.1) is 11.3 Å². The molecular formula is C21H24N2S. The Kier molecular flexibility index (Phi) is 6.19. The summed E-state index contributed by atoms with van der Waals surface area (Å²) in [6.45, 7) is 3.84. The van der Waals surface area contributed by atoms with Gasteiger partial charge in [0.2, 0.25) is 0 Å². The Balaban J connectivity index is 1.77. The van der Waals surface area contributed by atoms with Crippen molar-refractivity contribution in [1.29, 1.82) is 0 Å². The van der Waals surface area contributed by atoms with E-state index >= 15 is 0 Å². The molecule has 0 spiro atoms. The molecule has 0 radical (unpaired) electrons. The van der Waals surface area contributed by atoms with Gasteiger partial charge in [-0.05, 0) is 35.2 Å². The van der Waals surface area contributed by atoms with Crippen molar-refractivity contribution in [3.8, 4) is 0 Å². The number of rotatable bonds is 8. The summed E-state index contributed by atoms with van der Waals surface area (Å²) >= 11 is 1.84.